The second-order valence-electron chi connectivity index (χ2n) is 6.01. The van der Waals surface area contributed by atoms with E-state index in [1.165, 1.54) is 16.8 Å². The van der Waals surface area contributed by atoms with E-state index in [9.17, 15) is 18.4 Å². The molecule has 0 spiro atoms. The number of H-pyrrole nitrogens is 1. The zero-order chi connectivity index (χ0) is 20.4. The van der Waals surface area contributed by atoms with E-state index in [1.54, 1.807) is 39.0 Å². The topological polar surface area (TPSA) is 92.7 Å². The van der Waals surface area contributed by atoms with Crippen molar-refractivity contribution in [3.8, 4) is 5.95 Å². The first kappa shape index (κ1) is 19.7. The average molecular weight is 405 g/mol. The molecule has 146 valence electrons. The number of rotatable bonds is 5. The predicted octanol–water partition coefficient (Wildman–Crippen LogP) is 3.45. The van der Waals surface area contributed by atoms with E-state index >= 15 is 0 Å². The largest absolute Gasteiger partial charge is 0.306 e. The third-order valence-corrected chi connectivity index (χ3v) is 4.79. The van der Waals surface area contributed by atoms with E-state index in [1.807, 2.05) is 0 Å². The molecule has 0 aliphatic rings. The van der Waals surface area contributed by atoms with Gasteiger partial charge in [0.1, 0.15) is 5.82 Å². The Balaban J connectivity index is 1.97. The van der Waals surface area contributed by atoms with Gasteiger partial charge >= 0.3 is 0 Å². The number of thioether (sulfide) groups is 1. The molecule has 0 saturated heterocycles. The van der Waals surface area contributed by atoms with Gasteiger partial charge in [0.05, 0.1) is 11.3 Å². The van der Waals surface area contributed by atoms with Crippen LogP contribution in [0.3, 0.4) is 0 Å². The van der Waals surface area contributed by atoms with Crippen molar-refractivity contribution in [1.82, 2.24) is 19.7 Å². The van der Waals surface area contributed by atoms with Crippen molar-refractivity contribution in [2.24, 2.45) is 0 Å². The number of benzene rings is 1. The molecule has 0 radical (unpaired) electrons. The quantitative estimate of drug-likeness (QED) is 0.635. The van der Waals surface area contributed by atoms with Gasteiger partial charge in [0.25, 0.3) is 17.2 Å². The van der Waals surface area contributed by atoms with E-state index in [-0.39, 0.29) is 27.8 Å². The summed E-state index contributed by atoms with van der Waals surface area (Å²) in [6.45, 7) is 5.06. The standard InChI is InChI=1S/C18H17F2N5O2S/c1-9-8-14(25(24-9)18-21-11(3)10(2)15(26)23-18)22-16(27)12-6-4-5-7-13(12)28-17(19)20/h4-8,17H,1-3H3,(H,22,27)(H,21,23,26). The SMILES string of the molecule is Cc1cc(NC(=O)c2ccccc2SC(F)F)n(-c2nc(C)c(C)c(=O)[nH]2)n1. The highest BCUT2D eigenvalue weighted by Crippen LogP contribution is 2.29. The van der Waals surface area contributed by atoms with Crippen molar-refractivity contribution in [3.63, 3.8) is 0 Å². The molecule has 10 heteroatoms. The molecule has 0 atom stereocenters. The van der Waals surface area contributed by atoms with Crippen molar-refractivity contribution in [3.05, 3.63) is 63.2 Å². The van der Waals surface area contributed by atoms with E-state index in [4.69, 9.17) is 0 Å². The number of aromatic amines is 1. The molecule has 2 heterocycles. The van der Waals surface area contributed by atoms with Crippen LogP contribution in [0, 0.1) is 20.8 Å². The Morgan fingerprint density at radius 1 is 1.25 bits per heavy atom. The third kappa shape index (κ3) is 4.11. The number of aryl methyl sites for hydroxylation is 2. The van der Waals surface area contributed by atoms with Crippen molar-refractivity contribution in [1.29, 1.82) is 0 Å². The number of alkyl halides is 2. The van der Waals surface area contributed by atoms with E-state index < -0.39 is 11.7 Å². The molecule has 3 aromatic rings. The van der Waals surface area contributed by atoms with Crippen molar-refractivity contribution in [2.75, 3.05) is 5.32 Å². The molecule has 0 fully saturated rings. The summed E-state index contributed by atoms with van der Waals surface area (Å²) in [6.07, 6.45) is 0. The summed E-state index contributed by atoms with van der Waals surface area (Å²) in [5.41, 5.74) is 1.39. The Bertz CT molecular complexity index is 1090. The maximum atomic E-state index is 12.8. The summed E-state index contributed by atoms with van der Waals surface area (Å²) < 4.78 is 26.8. The van der Waals surface area contributed by atoms with Gasteiger partial charge in [-0.25, -0.2) is 4.98 Å². The Kier molecular flexibility index (Phi) is 5.59. The van der Waals surface area contributed by atoms with Gasteiger partial charge in [-0.05, 0) is 32.9 Å². The third-order valence-electron chi connectivity index (χ3n) is 4.00. The van der Waals surface area contributed by atoms with Gasteiger partial charge in [-0.3, -0.25) is 14.6 Å². The van der Waals surface area contributed by atoms with Crippen LogP contribution in [-0.4, -0.2) is 31.4 Å². The summed E-state index contributed by atoms with van der Waals surface area (Å²) in [7, 11) is 0. The highest BCUT2D eigenvalue weighted by molar-refractivity contribution is 7.99. The Labute approximate surface area is 163 Å². The van der Waals surface area contributed by atoms with Crippen molar-refractivity contribution < 1.29 is 13.6 Å². The first-order chi connectivity index (χ1) is 13.3. The summed E-state index contributed by atoms with van der Waals surface area (Å²) in [4.78, 5) is 31.8. The second kappa shape index (κ2) is 7.93. The van der Waals surface area contributed by atoms with Crippen LogP contribution >= 0.6 is 11.8 Å². The Hall–Kier alpha value is -3.01. The predicted molar refractivity (Wildman–Crippen MR) is 102 cm³/mol. The molecule has 0 aliphatic carbocycles. The second-order valence-corrected chi connectivity index (χ2v) is 7.04. The number of nitrogens with zero attached hydrogens (tertiary/aromatic N) is 3. The summed E-state index contributed by atoms with van der Waals surface area (Å²) in [5, 5.41) is 6.91. The van der Waals surface area contributed by atoms with Crippen LogP contribution in [0.15, 0.2) is 40.0 Å². The number of halogens is 2. The highest BCUT2D eigenvalue weighted by Gasteiger charge is 2.18. The first-order valence-corrected chi connectivity index (χ1v) is 9.14. The molecule has 2 aromatic heterocycles. The zero-order valence-corrected chi connectivity index (χ0v) is 16.1. The minimum atomic E-state index is -2.65. The van der Waals surface area contributed by atoms with Crippen LogP contribution in [0.2, 0.25) is 0 Å². The zero-order valence-electron chi connectivity index (χ0n) is 15.3. The maximum Gasteiger partial charge on any atom is 0.288 e. The van der Waals surface area contributed by atoms with Crippen LogP contribution in [0.5, 0.6) is 0 Å². The molecule has 3 rings (SSSR count). The Morgan fingerprint density at radius 2 is 1.96 bits per heavy atom. The van der Waals surface area contributed by atoms with Gasteiger partial charge in [0.2, 0.25) is 5.95 Å². The lowest BCUT2D eigenvalue weighted by molar-refractivity contribution is 0.102. The van der Waals surface area contributed by atoms with Crippen molar-refractivity contribution >= 4 is 23.5 Å². The average Bonchev–Trinajstić information content (AvgIpc) is 2.99. The number of aromatic nitrogens is 4. The number of nitrogens with one attached hydrogen (secondary N) is 2. The molecule has 28 heavy (non-hydrogen) atoms. The fourth-order valence-electron chi connectivity index (χ4n) is 2.52. The number of hydrogen-bond donors (Lipinski definition) is 2. The molecule has 2 N–H and O–H groups in total. The van der Waals surface area contributed by atoms with Crippen LogP contribution in [0.1, 0.15) is 27.3 Å². The number of hydrogen-bond acceptors (Lipinski definition) is 5. The minimum Gasteiger partial charge on any atom is -0.306 e. The highest BCUT2D eigenvalue weighted by atomic mass is 32.2. The minimum absolute atomic E-state index is 0.111. The van der Waals surface area contributed by atoms with Crippen LogP contribution in [0.4, 0.5) is 14.6 Å². The fraction of sp³-hybridized carbons (Fsp3) is 0.222. The molecule has 0 saturated carbocycles. The molecule has 0 aliphatic heterocycles. The van der Waals surface area contributed by atoms with Crippen LogP contribution < -0.4 is 10.9 Å². The monoisotopic (exact) mass is 405 g/mol. The fourth-order valence-corrected chi connectivity index (χ4v) is 3.15. The molecular formula is C18H17F2N5O2S. The van der Waals surface area contributed by atoms with Gasteiger partial charge < -0.3 is 5.32 Å². The van der Waals surface area contributed by atoms with Gasteiger partial charge in [0.15, 0.2) is 0 Å². The molecule has 0 unspecified atom stereocenters. The Morgan fingerprint density at radius 3 is 2.64 bits per heavy atom. The number of carbonyl (C=O) groups is 1. The number of amides is 1. The van der Waals surface area contributed by atoms with E-state index in [0.29, 0.717) is 28.7 Å². The number of carbonyl (C=O) groups excluding carboxylic acids is 1. The van der Waals surface area contributed by atoms with Gasteiger partial charge in [-0.2, -0.15) is 18.6 Å². The molecular weight excluding hydrogens is 388 g/mol. The molecule has 1 aromatic carbocycles. The van der Waals surface area contributed by atoms with Crippen LogP contribution in [-0.2, 0) is 0 Å². The number of anilines is 1. The molecule has 1 amide bonds. The van der Waals surface area contributed by atoms with E-state index in [2.05, 4.69) is 20.4 Å². The first-order valence-electron chi connectivity index (χ1n) is 8.26. The lowest BCUT2D eigenvalue weighted by Crippen LogP contribution is -2.21. The van der Waals surface area contributed by atoms with Crippen LogP contribution in [0.25, 0.3) is 5.95 Å². The van der Waals surface area contributed by atoms with E-state index in [0.717, 1.165) is 0 Å². The summed E-state index contributed by atoms with van der Waals surface area (Å²) >= 11 is 0.299. The lowest BCUT2D eigenvalue weighted by atomic mass is 10.2. The normalized spacial score (nSPS) is 11.1. The molecule has 7 nitrogen and oxygen atoms in total. The summed E-state index contributed by atoms with van der Waals surface area (Å²) in [5.74, 6) is -2.82. The smallest absolute Gasteiger partial charge is 0.288 e. The maximum absolute atomic E-state index is 12.8. The van der Waals surface area contributed by atoms with Gasteiger partial charge in [0, 0.05) is 22.2 Å². The van der Waals surface area contributed by atoms with Crippen molar-refractivity contribution in [2.45, 2.75) is 31.4 Å². The lowest BCUT2D eigenvalue weighted by Gasteiger charge is -2.11. The van der Waals surface area contributed by atoms with Gasteiger partial charge in [-0.15, -0.1) is 0 Å². The summed E-state index contributed by atoms with van der Waals surface area (Å²) in [6, 6.07) is 7.69. The van der Waals surface area contributed by atoms with Gasteiger partial charge in [-0.1, -0.05) is 23.9 Å². The molecule has 0 bridgehead atoms.